The lowest BCUT2D eigenvalue weighted by Gasteiger charge is -2.34. The fraction of sp³-hybridized carbons (Fsp3) is 0.476. The van der Waals surface area contributed by atoms with Gasteiger partial charge in [0.1, 0.15) is 0 Å². The van der Waals surface area contributed by atoms with Crippen molar-refractivity contribution in [2.45, 2.75) is 32.7 Å². The van der Waals surface area contributed by atoms with Gasteiger partial charge < -0.3 is 20.4 Å². The topological polar surface area (TPSA) is 79.6 Å². The van der Waals surface area contributed by atoms with Gasteiger partial charge in [-0.1, -0.05) is 17.9 Å². The van der Waals surface area contributed by atoms with E-state index < -0.39 is 0 Å². The van der Waals surface area contributed by atoms with Crippen LogP contribution in [0, 0.1) is 24.7 Å². The number of hydrogen-bond donors (Lipinski definition) is 3. The van der Waals surface area contributed by atoms with Crippen molar-refractivity contribution in [1.82, 2.24) is 15.6 Å². The van der Waals surface area contributed by atoms with E-state index in [1.165, 1.54) is 12.8 Å². The zero-order chi connectivity index (χ0) is 19.2. The summed E-state index contributed by atoms with van der Waals surface area (Å²) in [7, 11) is 0. The van der Waals surface area contributed by atoms with Crippen molar-refractivity contribution in [2.75, 3.05) is 26.3 Å². The highest BCUT2D eigenvalue weighted by Gasteiger charge is 2.24. The molecule has 3 rings (SSSR count). The number of hydrazine groups is 1. The molecule has 6 heteroatoms. The Bertz CT molecular complexity index is 774. The molecule has 0 spiro atoms. The number of nitrogens with one attached hydrogen (secondary N) is 2. The van der Waals surface area contributed by atoms with Crippen molar-refractivity contribution in [3.63, 3.8) is 0 Å². The van der Waals surface area contributed by atoms with Crippen LogP contribution in [0.15, 0.2) is 24.4 Å². The number of nitrogens with zero attached hydrogens (tertiary/aromatic N) is 1. The number of ether oxygens (including phenoxy) is 1. The van der Waals surface area contributed by atoms with E-state index in [2.05, 4.69) is 35.6 Å². The second kappa shape index (κ2) is 8.94. The Kier molecular flexibility index (Phi) is 6.38. The molecule has 1 aliphatic carbocycles. The molecule has 1 saturated carbocycles. The second-order valence-corrected chi connectivity index (χ2v) is 7.13. The van der Waals surface area contributed by atoms with E-state index >= 15 is 0 Å². The van der Waals surface area contributed by atoms with Crippen molar-refractivity contribution < 1.29 is 9.53 Å². The molecule has 144 valence electrons. The van der Waals surface area contributed by atoms with Gasteiger partial charge in [-0.25, -0.2) is 0 Å². The number of aryl methyl sites for hydroxylation is 1. The number of carbonyl (C=O) groups is 1. The quantitative estimate of drug-likeness (QED) is 0.415. The molecule has 0 bridgehead atoms. The molecule has 4 N–H and O–H groups in total. The molecular weight excluding hydrogens is 340 g/mol. The molecule has 1 aromatic rings. The van der Waals surface area contributed by atoms with Crippen molar-refractivity contribution >= 4 is 11.6 Å². The van der Waals surface area contributed by atoms with Gasteiger partial charge in [0.2, 0.25) is 5.91 Å². The van der Waals surface area contributed by atoms with E-state index in [1.54, 1.807) is 6.92 Å². The molecule has 2 fully saturated rings. The summed E-state index contributed by atoms with van der Waals surface area (Å²) in [4.78, 5) is 13.6. The van der Waals surface area contributed by atoms with Gasteiger partial charge in [0, 0.05) is 43.3 Å². The lowest BCUT2D eigenvalue weighted by Crippen LogP contribution is -2.51. The number of morpholine rings is 1. The van der Waals surface area contributed by atoms with Crippen LogP contribution in [0.2, 0.25) is 0 Å². The van der Waals surface area contributed by atoms with Gasteiger partial charge in [0.15, 0.2) is 0 Å². The Hall–Kier alpha value is -2.49. The predicted octanol–water partition coefficient (Wildman–Crippen LogP) is 1.36. The molecule has 1 aliphatic heterocycles. The molecule has 1 atom stereocenters. The number of benzene rings is 1. The third-order valence-corrected chi connectivity index (χ3v) is 4.90. The van der Waals surface area contributed by atoms with Gasteiger partial charge in [-0.05, 0) is 37.5 Å². The van der Waals surface area contributed by atoms with Crippen LogP contribution in [0.25, 0.3) is 5.70 Å². The third kappa shape index (κ3) is 5.25. The summed E-state index contributed by atoms with van der Waals surface area (Å²) in [5.74, 6) is 12.9. The van der Waals surface area contributed by atoms with Crippen molar-refractivity contribution in [3.05, 3.63) is 41.1 Å². The van der Waals surface area contributed by atoms with E-state index in [0.717, 1.165) is 22.4 Å². The van der Waals surface area contributed by atoms with E-state index in [-0.39, 0.29) is 11.9 Å². The van der Waals surface area contributed by atoms with E-state index in [9.17, 15) is 4.79 Å². The Morgan fingerprint density at radius 3 is 2.93 bits per heavy atom. The van der Waals surface area contributed by atoms with Gasteiger partial charge in [-0.2, -0.15) is 0 Å². The molecule has 0 aromatic heterocycles. The summed E-state index contributed by atoms with van der Waals surface area (Å²) in [6, 6.07) is 6.16. The fourth-order valence-electron chi connectivity index (χ4n) is 3.19. The fourth-order valence-corrected chi connectivity index (χ4v) is 3.19. The lowest BCUT2D eigenvalue weighted by molar-refractivity contribution is -0.137. The van der Waals surface area contributed by atoms with Gasteiger partial charge in [0.25, 0.3) is 0 Å². The van der Waals surface area contributed by atoms with Crippen molar-refractivity contribution in [2.24, 2.45) is 11.8 Å². The van der Waals surface area contributed by atoms with Gasteiger partial charge >= 0.3 is 0 Å². The summed E-state index contributed by atoms with van der Waals surface area (Å²) < 4.78 is 5.50. The van der Waals surface area contributed by atoms with E-state index in [4.69, 9.17) is 10.6 Å². The van der Waals surface area contributed by atoms with Crippen LogP contribution >= 0.6 is 0 Å². The number of carbonyl (C=O) groups excluding carboxylic acids is 1. The Morgan fingerprint density at radius 1 is 1.44 bits per heavy atom. The SMILES string of the molecule is CC(=O)N1CCOCC1CN/C=C(\NN)c1ccc(C#CC2CC2)cc1C. The van der Waals surface area contributed by atoms with E-state index in [0.29, 0.717) is 32.2 Å². The molecule has 1 unspecified atom stereocenters. The smallest absolute Gasteiger partial charge is 0.219 e. The number of amides is 1. The van der Waals surface area contributed by atoms with Crippen LogP contribution in [0.3, 0.4) is 0 Å². The summed E-state index contributed by atoms with van der Waals surface area (Å²) in [6.45, 7) is 6.02. The van der Waals surface area contributed by atoms with E-state index in [1.807, 2.05) is 23.2 Å². The summed E-state index contributed by atoms with van der Waals surface area (Å²) in [5.41, 5.74) is 6.71. The maximum absolute atomic E-state index is 11.7. The molecule has 1 aromatic carbocycles. The van der Waals surface area contributed by atoms with Crippen LogP contribution in [0.1, 0.15) is 36.5 Å². The van der Waals surface area contributed by atoms with Gasteiger partial charge in [-0.15, -0.1) is 0 Å². The van der Waals surface area contributed by atoms with Gasteiger partial charge in [0.05, 0.1) is 25.0 Å². The predicted molar refractivity (Wildman–Crippen MR) is 106 cm³/mol. The zero-order valence-electron chi connectivity index (χ0n) is 16.0. The van der Waals surface area contributed by atoms with Crippen molar-refractivity contribution in [3.8, 4) is 11.8 Å². The number of nitrogens with two attached hydrogens (primary N) is 1. The Labute approximate surface area is 161 Å². The normalized spacial score (nSPS) is 19.9. The molecule has 0 radical (unpaired) electrons. The Balaban J connectivity index is 1.65. The third-order valence-electron chi connectivity index (χ3n) is 4.90. The average molecular weight is 368 g/mol. The molecular formula is C21H28N4O2. The number of rotatable bonds is 5. The van der Waals surface area contributed by atoms with Crippen LogP contribution < -0.4 is 16.6 Å². The first kappa shape index (κ1) is 19.3. The van der Waals surface area contributed by atoms with Crippen LogP contribution in [-0.4, -0.2) is 43.2 Å². The highest BCUT2D eigenvalue weighted by Crippen LogP contribution is 2.27. The summed E-state index contributed by atoms with van der Waals surface area (Å²) >= 11 is 0. The van der Waals surface area contributed by atoms with Crippen molar-refractivity contribution in [1.29, 1.82) is 0 Å². The first-order valence-electron chi connectivity index (χ1n) is 9.46. The minimum Gasteiger partial charge on any atom is -0.387 e. The molecule has 1 saturated heterocycles. The monoisotopic (exact) mass is 368 g/mol. The maximum atomic E-state index is 11.7. The summed E-state index contributed by atoms with van der Waals surface area (Å²) in [6.07, 6.45) is 4.31. The van der Waals surface area contributed by atoms with Crippen LogP contribution in [-0.2, 0) is 9.53 Å². The molecule has 27 heavy (non-hydrogen) atoms. The highest BCUT2D eigenvalue weighted by atomic mass is 16.5. The first-order chi connectivity index (χ1) is 13.1. The Morgan fingerprint density at radius 2 is 2.26 bits per heavy atom. The lowest BCUT2D eigenvalue weighted by atomic mass is 10.0. The van der Waals surface area contributed by atoms with Crippen LogP contribution in [0.5, 0.6) is 0 Å². The zero-order valence-corrected chi connectivity index (χ0v) is 16.0. The first-order valence-corrected chi connectivity index (χ1v) is 9.46. The molecule has 2 aliphatic rings. The molecule has 1 heterocycles. The maximum Gasteiger partial charge on any atom is 0.219 e. The number of hydrogen-bond acceptors (Lipinski definition) is 5. The molecule has 6 nitrogen and oxygen atoms in total. The standard InChI is InChI=1S/C21H28N4O2/c1-15-11-18(6-5-17-3-4-17)7-8-20(15)21(24-22)13-23-12-19-14-27-10-9-25(19)16(2)26/h7-8,11,13,17,19,23-24H,3-4,9-10,12,14,22H2,1-2H3/b21-13-. The van der Waals surface area contributed by atoms with Gasteiger partial charge in [-0.3, -0.25) is 10.6 Å². The average Bonchev–Trinajstić information content (AvgIpc) is 3.49. The second-order valence-electron chi connectivity index (χ2n) is 7.13. The minimum atomic E-state index is 0.0210. The summed E-state index contributed by atoms with van der Waals surface area (Å²) in [5, 5.41) is 3.27. The minimum absolute atomic E-state index is 0.0210. The molecule has 1 amide bonds. The largest absolute Gasteiger partial charge is 0.387 e. The van der Waals surface area contributed by atoms with Crippen LogP contribution in [0.4, 0.5) is 0 Å². The highest BCUT2D eigenvalue weighted by molar-refractivity contribution is 5.73.